The number of hydrogen-bond donors (Lipinski definition) is 0. The second kappa shape index (κ2) is 1.71. The minimum absolute atomic E-state index is 0.131. The number of rotatable bonds is 2. The summed E-state index contributed by atoms with van der Waals surface area (Å²) in [5.41, 5.74) is 0.478. The summed E-state index contributed by atoms with van der Waals surface area (Å²) in [4.78, 5) is 0. The van der Waals surface area contributed by atoms with Gasteiger partial charge in [-0.1, -0.05) is 13.8 Å². The number of alkyl halides is 1. The highest BCUT2D eigenvalue weighted by Crippen LogP contribution is 2.53. The molecule has 0 bridgehead atoms. The molecule has 1 rings (SSSR count). The van der Waals surface area contributed by atoms with E-state index in [1.54, 1.807) is 0 Å². The van der Waals surface area contributed by atoms with E-state index in [4.69, 9.17) is 0 Å². The van der Waals surface area contributed by atoms with Crippen LogP contribution < -0.4 is 0 Å². The van der Waals surface area contributed by atoms with Gasteiger partial charge < -0.3 is 0 Å². The fourth-order valence-electron chi connectivity index (χ4n) is 1.20. The highest BCUT2D eigenvalue weighted by molar-refractivity contribution is 4.94. The van der Waals surface area contributed by atoms with E-state index in [1.165, 1.54) is 6.42 Å². The summed E-state index contributed by atoms with van der Waals surface area (Å²) in [7, 11) is 0. The summed E-state index contributed by atoms with van der Waals surface area (Å²) in [5, 5.41) is 0. The molecule has 0 nitrogen and oxygen atoms in total. The lowest BCUT2D eigenvalue weighted by atomic mass is 10.1. The van der Waals surface area contributed by atoms with Crippen LogP contribution in [0.3, 0.4) is 0 Å². The maximum atomic E-state index is 11.6. The van der Waals surface area contributed by atoms with Gasteiger partial charge in [-0.3, -0.25) is 4.39 Å². The van der Waals surface area contributed by atoms with Gasteiger partial charge in [-0.2, -0.15) is 0 Å². The van der Waals surface area contributed by atoms with Gasteiger partial charge in [0.2, 0.25) is 0 Å². The van der Waals surface area contributed by atoms with Crippen molar-refractivity contribution in [3.05, 3.63) is 0 Å². The molecule has 1 unspecified atom stereocenters. The first-order valence-corrected chi connectivity index (χ1v) is 3.23. The Labute approximate surface area is 50.1 Å². The molecule has 1 saturated carbocycles. The molecule has 1 fully saturated rings. The van der Waals surface area contributed by atoms with Crippen LogP contribution in [0.1, 0.15) is 26.7 Å². The lowest BCUT2D eigenvalue weighted by Crippen LogP contribution is -1.90. The number of hydrogen-bond acceptors (Lipinski definition) is 0. The zero-order chi connectivity index (χ0) is 6.20. The molecule has 1 heteroatoms. The molecule has 0 heterocycles. The second-order valence-corrected chi connectivity index (χ2v) is 3.37. The molecule has 1 aliphatic rings. The van der Waals surface area contributed by atoms with Gasteiger partial charge >= 0.3 is 0 Å². The predicted molar refractivity (Wildman–Crippen MR) is 32.5 cm³/mol. The normalized spacial score (nSPS) is 32.6. The molecular weight excluding hydrogens is 103 g/mol. The summed E-state index contributed by atoms with van der Waals surface area (Å²) in [6.07, 6.45) is 2.02. The van der Waals surface area contributed by atoms with Gasteiger partial charge in [0, 0.05) is 0 Å². The SMILES string of the molecule is CC1(C)CC1CCF. The molecule has 0 aromatic carbocycles. The van der Waals surface area contributed by atoms with Crippen LogP contribution in [0.25, 0.3) is 0 Å². The fraction of sp³-hybridized carbons (Fsp3) is 1.00. The van der Waals surface area contributed by atoms with Crippen LogP contribution in [-0.4, -0.2) is 6.67 Å². The highest BCUT2D eigenvalue weighted by atomic mass is 19.1. The largest absolute Gasteiger partial charge is 0.251 e. The molecule has 0 amide bonds. The average Bonchev–Trinajstić information content (AvgIpc) is 2.15. The van der Waals surface area contributed by atoms with Crippen molar-refractivity contribution in [3.63, 3.8) is 0 Å². The van der Waals surface area contributed by atoms with E-state index in [0.717, 1.165) is 6.42 Å². The molecule has 0 aromatic rings. The molecule has 0 aromatic heterocycles. The molecule has 1 atom stereocenters. The summed E-state index contributed by atoms with van der Waals surface area (Å²) < 4.78 is 11.6. The van der Waals surface area contributed by atoms with Crippen molar-refractivity contribution in [1.82, 2.24) is 0 Å². The van der Waals surface area contributed by atoms with Gasteiger partial charge in [0.05, 0.1) is 6.67 Å². The Hall–Kier alpha value is -0.0700. The minimum Gasteiger partial charge on any atom is -0.251 e. The van der Waals surface area contributed by atoms with Gasteiger partial charge in [-0.05, 0) is 24.2 Å². The lowest BCUT2D eigenvalue weighted by Gasteiger charge is -1.97. The molecule has 8 heavy (non-hydrogen) atoms. The summed E-state index contributed by atoms with van der Waals surface area (Å²) in [6, 6.07) is 0. The molecule has 0 saturated heterocycles. The summed E-state index contributed by atoms with van der Waals surface area (Å²) >= 11 is 0. The van der Waals surface area contributed by atoms with E-state index in [0.29, 0.717) is 11.3 Å². The van der Waals surface area contributed by atoms with Crippen LogP contribution in [0, 0.1) is 11.3 Å². The third-order valence-electron chi connectivity index (χ3n) is 2.18. The Morgan fingerprint density at radius 1 is 1.62 bits per heavy atom. The topological polar surface area (TPSA) is 0 Å². The van der Waals surface area contributed by atoms with E-state index in [2.05, 4.69) is 13.8 Å². The van der Waals surface area contributed by atoms with Crippen molar-refractivity contribution >= 4 is 0 Å². The van der Waals surface area contributed by atoms with E-state index in [1.807, 2.05) is 0 Å². The predicted octanol–water partition coefficient (Wildman–Crippen LogP) is 2.39. The maximum Gasteiger partial charge on any atom is 0.0897 e. The summed E-state index contributed by atoms with van der Waals surface area (Å²) in [5.74, 6) is 0.687. The van der Waals surface area contributed by atoms with Crippen LogP contribution in [0.15, 0.2) is 0 Å². The molecule has 0 aliphatic heterocycles. The quantitative estimate of drug-likeness (QED) is 0.519. The first kappa shape index (κ1) is 6.06. The first-order chi connectivity index (χ1) is 3.67. The fourth-order valence-corrected chi connectivity index (χ4v) is 1.20. The smallest absolute Gasteiger partial charge is 0.0897 e. The average molecular weight is 116 g/mol. The van der Waals surface area contributed by atoms with Gasteiger partial charge in [0.15, 0.2) is 0 Å². The Bertz CT molecular complexity index is 86.4. The first-order valence-electron chi connectivity index (χ1n) is 3.23. The third-order valence-corrected chi connectivity index (χ3v) is 2.18. The Kier molecular flexibility index (Phi) is 1.30. The lowest BCUT2D eigenvalue weighted by molar-refractivity contribution is 0.421. The standard InChI is InChI=1S/C7H13F/c1-7(2)5-6(7)3-4-8/h6H,3-5H2,1-2H3. The monoisotopic (exact) mass is 116 g/mol. The second-order valence-electron chi connectivity index (χ2n) is 3.37. The maximum absolute atomic E-state index is 11.6. The van der Waals surface area contributed by atoms with Crippen LogP contribution in [-0.2, 0) is 0 Å². The highest BCUT2D eigenvalue weighted by Gasteiger charge is 2.44. The Morgan fingerprint density at radius 2 is 2.12 bits per heavy atom. The van der Waals surface area contributed by atoms with Gasteiger partial charge in [0.25, 0.3) is 0 Å². The minimum atomic E-state index is -0.131. The van der Waals surface area contributed by atoms with Crippen molar-refractivity contribution < 1.29 is 4.39 Å². The van der Waals surface area contributed by atoms with Gasteiger partial charge in [-0.25, -0.2) is 0 Å². The Balaban J connectivity index is 2.17. The molecular formula is C7H13F. The summed E-state index contributed by atoms with van der Waals surface area (Å²) in [6.45, 7) is 4.27. The van der Waals surface area contributed by atoms with Crippen molar-refractivity contribution in [3.8, 4) is 0 Å². The van der Waals surface area contributed by atoms with Crippen LogP contribution in [0.2, 0.25) is 0 Å². The zero-order valence-corrected chi connectivity index (χ0v) is 5.58. The van der Waals surface area contributed by atoms with Gasteiger partial charge in [0.1, 0.15) is 0 Å². The van der Waals surface area contributed by atoms with Gasteiger partial charge in [-0.15, -0.1) is 0 Å². The molecule has 0 N–H and O–H groups in total. The molecule has 1 aliphatic carbocycles. The third kappa shape index (κ3) is 1.01. The van der Waals surface area contributed by atoms with Crippen molar-refractivity contribution in [2.75, 3.05) is 6.67 Å². The van der Waals surface area contributed by atoms with E-state index in [9.17, 15) is 4.39 Å². The zero-order valence-electron chi connectivity index (χ0n) is 5.58. The van der Waals surface area contributed by atoms with Crippen LogP contribution in [0.4, 0.5) is 4.39 Å². The van der Waals surface area contributed by atoms with Crippen molar-refractivity contribution in [2.24, 2.45) is 11.3 Å². The van der Waals surface area contributed by atoms with Crippen LogP contribution >= 0.6 is 0 Å². The molecule has 48 valence electrons. The Morgan fingerprint density at radius 3 is 2.25 bits per heavy atom. The van der Waals surface area contributed by atoms with Crippen LogP contribution in [0.5, 0.6) is 0 Å². The van der Waals surface area contributed by atoms with Crippen molar-refractivity contribution in [2.45, 2.75) is 26.7 Å². The van der Waals surface area contributed by atoms with E-state index in [-0.39, 0.29) is 6.67 Å². The van der Waals surface area contributed by atoms with Crippen molar-refractivity contribution in [1.29, 1.82) is 0 Å². The van der Waals surface area contributed by atoms with E-state index >= 15 is 0 Å². The molecule has 0 radical (unpaired) electrons. The number of halogens is 1. The molecule has 0 spiro atoms. The van der Waals surface area contributed by atoms with E-state index < -0.39 is 0 Å².